The van der Waals surface area contributed by atoms with Crippen LogP contribution >= 0.6 is 0 Å². The van der Waals surface area contributed by atoms with Crippen molar-refractivity contribution in [3.8, 4) is 0 Å². The lowest BCUT2D eigenvalue weighted by atomic mass is 9.72. The summed E-state index contributed by atoms with van der Waals surface area (Å²) in [6.45, 7) is 64.7. The Bertz CT molecular complexity index is 3570. The highest BCUT2D eigenvalue weighted by molar-refractivity contribution is 5.90. The minimum absolute atomic E-state index is 0.169. The maximum Gasteiger partial charge on any atom is 0.0914 e. The van der Waals surface area contributed by atoms with E-state index in [0.717, 1.165) is 0 Å². The van der Waals surface area contributed by atoms with E-state index in [1.807, 2.05) is 0 Å². The number of hydrogen-bond donors (Lipinski definition) is 0. The van der Waals surface area contributed by atoms with Crippen LogP contribution in [0.5, 0.6) is 0 Å². The smallest absolute Gasteiger partial charge is 0.0914 e. The molecule has 0 fully saturated rings. The van der Waals surface area contributed by atoms with Gasteiger partial charge in [-0.15, -0.1) is 0 Å². The van der Waals surface area contributed by atoms with Gasteiger partial charge in [0.1, 0.15) is 0 Å². The maximum atomic E-state index is 2.40. The first-order valence-corrected chi connectivity index (χ1v) is 30.1. The molecule has 0 radical (unpaired) electrons. The van der Waals surface area contributed by atoms with E-state index in [0.29, 0.717) is 23.7 Å². The molecule has 424 valence electrons. The molecule has 0 saturated heterocycles. The molecule has 4 atom stereocenters. The van der Waals surface area contributed by atoms with Crippen LogP contribution in [-0.4, -0.2) is 0 Å². The number of hydrogen-bond acceptors (Lipinski definition) is 0. The minimum atomic E-state index is 0.169. The van der Waals surface area contributed by atoms with Crippen molar-refractivity contribution >= 4 is 43.1 Å². The van der Waals surface area contributed by atoms with Gasteiger partial charge in [0, 0.05) is 49.9 Å². The molecule has 4 aliphatic heterocycles. The van der Waals surface area contributed by atoms with Crippen molar-refractivity contribution in [1.82, 2.24) is 0 Å². The van der Waals surface area contributed by atoms with Crippen LogP contribution in [0.3, 0.4) is 0 Å². The molecule has 0 N–H and O–H groups in total. The van der Waals surface area contributed by atoms with Crippen LogP contribution in [0, 0.1) is 47.8 Å². The summed E-state index contributed by atoms with van der Waals surface area (Å²) in [5.41, 5.74) is 13.5. The molecule has 0 bridgehead atoms. The molecule has 8 aromatic rings. The van der Waals surface area contributed by atoms with E-state index >= 15 is 0 Å². The highest BCUT2D eigenvalue weighted by atomic mass is 15.1. The van der Waals surface area contributed by atoms with E-state index in [1.165, 1.54) is 88.1 Å². The first kappa shape index (κ1) is 58.6. The molecule has 0 aliphatic carbocycles. The predicted molar refractivity (Wildman–Crippen MR) is 339 cm³/mol. The highest BCUT2D eigenvalue weighted by Crippen LogP contribution is 2.48. The van der Waals surface area contributed by atoms with Crippen LogP contribution in [0.25, 0.3) is 43.1 Å². The Morgan fingerprint density at radius 2 is 0.662 bits per heavy atom. The number of benzene rings is 4. The normalized spacial score (nSPS) is 18.4. The van der Waals surface area contributed by atoms with Gasteiger partial charge in [-0.25, -0.2) is 0 Å². The summed E-state index contributed by atoms with van der Waals surface area (Å²) in [4.78, 5) is 0. The fourth-order valence-electron chi connectivity index (χ4n) is 12.5. The standard InChI is InChI=1S/4C19H25N/c1-18(2,3)14-7-8-15-13(11-14)9-10-20-12-16(17(15)20)19(4,5)6;1-18(2,3)14-8-7-13-9-10-20-12-16(19(4,5)6)17(20)15(13)11-14;1-18(2,3)15-9-7-8-14-13(15)10-11-20-12-16(17(14)20)19(4,5)6;1-18(2,3)15-11-20-12-16(19(4,5)6)17(20)14-10-8-7-9-13(14)15/h4*7-12,16H,1-6H3. The van der Waals surface area contributed by atoms with Crippen molar-refractivity contribution in [1.29, 1.82) is 0 Å². The minimum Gasteiger partial charge on any atom is -0.334 e. The summed E-state index contributed by atoms with van der Waals surface area (Å²) < 4.78 is 9.23. The van der Waals surface area contributed by atoms with Crippen molar-refractivity contribution in [2.75, 3.05) is 0 Å². The molecule has 80 heavy (non-hydrogen) atoms. The quantitative estimate of drug-likeness (QED) is 0.106. The second-order valence-corrected chi connectivity index (χ2v) is 32.5. The third-order valence-corrected chi connectivity index (χ3v) is 17.6. The predicted octanol–water partition coefficient (Wildman–Crippen LogP) is 18.3. The molecular formula is C76H100N4. The van der Waals surface area contributed by atoms with Crippen molar-refractivity contribution in [2.24, 2.45) is 21.7 Å². The van der Waals surface area contributed by atoms with E-state index in [2.05, 4.69) is 332 Å². The van der Waals surface area contributed by atoms with Gasteiger partial charge in [-0.2, -0.15) is 0 Å². The average Bonchev–Trinajstić information content (AvgIpc) is 3.26. The molecule has 0 spiro atoms. The molecule has 4 aromatic carbocycles. The summed E-state index contributed by atoms with van der Waals surface area (Å²) in [5.74, 6) is 2.18. The van der Waals surface area contributed by atoms with E-state index in [1.54, 1.807) is 0 Å². The van der Waals surface area contributed by atoms with Crippen LogP contribution in [0.15, 0.2) is 122 Å². The van der Waals surface area contributed by atoms with Crippen molar-refractivity contribution in [2.45, 2.75) is 212 Å². The Balaban J connectivity index is 0.000000129. The van der Waals surface area contributed by atoms with Gasteiger partial charge in [-0.3, -0.25) is 0 Å². The van der Waals surface area contributed by atoms with Gasteiger partial charge >= 0.3 is 0 Å². The highest BCUT2D eigenvalue weighted by Gasteiger charge is 2.42. The van der Waals surface area contributed by atoms with Gasteiger partial charge in [0.25, 0.3) is 0 Å². The zero-order chi connectivity index (χ0) is 58.8. The Morgan fingerprint density at radius 1 is 0.287 bits per heavy atom. The van der Waals surface area contributed by atoms with Crippen molar-refractivity contribution in [3.63, 3.8) is 0 Å². The summed E-state index contributed by atoms with van der Waals surface area (Å²) in [6.07, 6.45) is 8.94. The number of fused-ring (bicyclic) bond motifs is 12. The number of pyridine rings is 4. The summed E-state index contributed by atoms with van der Waals surface area (Å²) in [6, 6.07) is 36.3. The number of nitrogens with zero attached hydrogens (tertiary/aromatic N) is 4. The Morgan fingerprint density at radius 3 is 1.14 bits per heavy atom. The Hall–Kier alpha value is -6.00. The average molecular weight is 1070 g/mol. The third-order valence-electron chi connectivity index (χ3n) is 17.6. The molecule has 12 rings (SSSR count). The summed E-state index contributed by atoms with van der Waals surface area (Å²) in [5, 5.41) is 11.2. The molecule has 4 aromatic heterocycles. The van der Waals surface area contributed by atoms with Gasteiger partial charge in [-0.05, 0) is 127 Å². The lowest BCUT2D eigenvalue weighted by molar-refractivity contribution is -0.683. The van der Waals surface area contributed by atoms with Crippen LogP contribution in [0.2, 0.25) is 0 Å². The van der Waals surface area contributed by atoms with Gasteiger partial charge < -0.3 is 18.3 Å². The lowest BCUT2D eigenvalue weighted by Crippen LogP contribution is -2.54. The molecule has 4 unspecified atom stereocenters. The van der Waals surface area contributed by atoms with Crippen LogP contribution in [0.4, 0.5) is 0 Å². The number of aromatic nitrogens is 4. The van der Waals surface area contributed by atoms with E-state index in [9.17, 15) is 0 Å². The second kappa shape index (κ2) is 19.9. The molecule has 4 aliphatic rings. The molecule has 0 saturated carbocycles. The largest absolute Gasteiger partial charge is 0.334 e. The summed E-state index contributed by atoms with van der Waals surface area (Å²) in [7, 11) is 0. The van der Waals surface area contributed by atoms with E-state index in [4.69, 9.17) is 0 Å². The number of rotatable bonds is 0. The van der Waals surface area contributed by atoms with Crippen molar-refractivity contribution < 1.29 is 18.3 Å². The molecule has 8 heterocycles. The monoisotopic (exact) mass is 1070 g/mol. The zero-order valence-corrected chi connectivity index (χ0v) is 54.0. The van der Waals surface area contributed by atoms with Gasteiger partial charge in [-0.1, -0.05) is 245 Å². The molecule has 0 amide bonds. The van der Waals surface area contributed by atoms with E-state index in [-0.39, 0.29) is 43.3 Å². The molecular weight excluding hydrogens is 969 g/mol. The maximum absolute atomic E-state index is 2.40. The van der Waals surface area contributed by atoms with Gasteiger partial charge in [0.2, 0.25) is 0 Å². The van der Waals surface area contributed by atoms with Crippen molar-refractivity contribution in [3.05, 3.63) is 193 Å². The third kappa shape index (κ3) is 11.2. The SMILES string of the molecule is CC(C)(C)c1c[n+]2c(c3ccccc13)C(C(C)(C)C)[CH-]2.CC(C)(C)c1ccc2c3[n+](ccc2c1)[CH-]C3C(C)(C)C.CC(C)(C)c1ccc2cc[n+]3c(c2c1)C(C(C)(C)C)[CH-]3.CC(C)(C)c1cccc2c3[n+](ccc12)[CH-]C3C(C)(C)C. The Kier molecular flexibility index (Phi) is 14.6. The molecule has 4 heteroatoms. The van der Waals surface area contributed by atoms with Gasteiger partial charge in [0.05, 0.1) is 47.6 Å². The lowest BCUT2D eigenvalue weighted by Gasteiger charge is -2.42. The fraction of sp³-hybridized carbons (Fsp3) is 0.474. The van der Waals surface area contributed by atoms with Crippen LogP contribution in [0.1, 0.15) is 235 Å². The topological polar surface area (TPSA) is 15.5 Å². The molecule has 4 nitrogen and oxygen atoms in total. The zero-order valence-electron chi connectivity index (χ0n) is 54.0. The Labute approximate surface area is 485 Å². The first-order valence-electron chi connectivity index (χ1n) is 30.1. The summed E-state index contributed by atoms with van der Waals surface area (Å²) >= 11 is 0. The second-order valence-electron chi connectivity index (χ2n) is 32.5. The first-order chi connectivity index (χ1) is 36.7. The van der Waals surface area contributed by atoms with Crippen LogP contribution in [-0.2, 0) is 21.7 Å². The fourth-order valence-corrected chi connectivity index (χ4v) is 12.5. The van der Waals surface area contributed by atoms with E-state index < -0.39 is 0 Å². The van der Waals surface area contributed by atoms with Gasteiger partial charge in [0.15, 0.2) is 0 Å². The van der Waals surface area contributed by atoms with Crippen LogP contribution < -0.4 is 18.3 Å².